The van der Waals surface area contributed by atoms with E-state index in [1.807, 2.05) is 6.92 Å². The maximum Gasteiger partial charge on any atom is 0.216 e. The molecule has 0 aromatic heterocycles. The van der Waals surface area contributed by atoms with Gasteiger partial charge in [0.25, 0.3) is 0 Å². The van der Waals surface area contributed by atoms with Gasteiger partial charge in [0.05, 0.1) is 0 Å². The average Bonchev–Trinajstić information content (AvgIpc) is 2.33. The molecule has 0 bridgehead atoms. The fraction of sp³-hybridized carbons (Fsp3) is 0.750. The SMILES string of the molecule is CCNC(C)=O.[B]B([B])B([B])B(B([B])[B])B(B([B])[B])B([B])[B]. The zero-order valence-electron chi connectivity index (χ0n) is 13.4. The molecular weight excluding hydrogens is 251 g/mol. The standard InChI is InChI=1S/C4H9NO.B16/c1-3-5-4(2)6;1-10(2)14(9)16(13(7)8)15(11(3)4)12(5)6/h3H2,1-2H3,(H,5,6);. The Hall–Kier alpha value is 0.509. The molecule has 0 fully saturated rings. The van der Waals surface area contributed by atoms with Crippen molar-refractivity contribution in [2.24, 2.45) is 0 Å². The van der Waals surface area contributed by atoms with E-state index in [9.17, 15) is 4.79 Å². The molecular formula is C4H9B16NO. The number of rotatable bonds is 7. The number of hydrogen-bond acceptors (Lipinski definition) is 1. The molecule has 0 aromatic rings. The Labute approximate surface area is 150 Å². The summed E-state index contributed by atoms with van der Waals surface area (Å²) < 4.78 is 0. The van der Waals surface area contributed by atoms with Crippen LogP contribution in [-0.4, -0.2) is 127 Å². The molecule has 0 atom stereocenters. The largest absolute Gasteiger partial charge is 0.357 e. The van der Waals surface area contributed by atoms with Gasteiger partial charge in [-0.3, -0.25) is 4.79 Å². The lowest BCUT2D eigenvalue weighted by Gasteiger charge is -2.37. The smallest absolute Gasteiger partial charge is 0.216 e. The molecule has 1 amide bonds. The second kappa shape index (κ2) is 12.9. The Morgan fingerprint density at radius 1 is 0.773 bits per heavy atom. The van der Waals surface area contributed by atoms with Crippen molar-refractivity contribution in [3.63, 3.8) is 0 Å². The molecule has 0 unspecified atom stereocenters. The van der Waals surface area contributed by atoms with E-state index >= 15 is 0 Å². The Morgan fingerprint density at radius 2 is 1.14 bits per heavy atom. The summed E-state index contributed by atoms with van der Waals surface area (Å²) in [6, 6.07) is 0. The average molecular weight is 260 g/mol. The van der Waals surface area contributed by atoms with Gasteiger partial charge in [0, 0.05) is 128 Å². The number of hydrogen-bond donors (Lipinski definition) is 1. The minimum atomic E-state index is -0.807. The number of nitrogens with one attached hydrogen (secondary N) is 1. The van der Waals surface area contributed by atoms with Crippen LogP contribution in [0.3, 0.4) is 0 Å². The molecule has 0 aromatic carbocycles. The number of amides is 1. The zero-order valence-corrected chi connectivity index (χ0v) is 13.4. The lowest BCUT2D eigenvalue weighted by atomic mass is 8.44. The molecule has 0 spiro atoms. The Morgan fingerprint density at radius 3 is 1.27 bits per heavy atom. The first-order valence-electron chi connectivity index (χ1n) is 7.01. The second-order valence-electron chi connectivity index (χ2n) is 5.13. The fourth-order valence-corrected chi connectivity index (χ4v) is 2.05. The molecule has 0 aliphatic rings. The van der Waals surface area contributed by atoms with E-state index in [0.29, 0.717) is 0 Å². The molecule has 0 saturated carbocycles. The lowest BCUT2D eigenvalue weighted by Crippen LogP contribution is -2.75. The van der Waals surface area contributed by atoms with Crippen LogP contribution in [0.25, 0.3) is 0 Å². The van der Waals surface area contributed by atoms with E-state index in [0.717, 1.165) is 6.54 Å². The first kappa shape index (κ1) is 24.8. The van der Waals surface area contributed by atoms with E-state index in [4.69, 9.17) is 69.6 Å². The highest BCUT2D eigenvalue weighted by Gasteiger charge is 2.38. The molecule has 0 rings (SSSR count). The number of carbonyl (C=O) groups excluding carboxylic acids is 1. The third kappa shape index (κ3) is 10.3. The molecule has 18 heteroatoms. The Balaban J connectivity index is 0. The summed E-state index contributed by atoms with van der Waals surface area (Å²) >= 11 is 0. The summed E-state index contributed by atoms with van der Waals surface area (Å²) in [6.45, 7) is 4.13. The van der Waals surface area contributed by atoms with Crippen molar-refractivity contribution in [3.05, 3.63) is 0 Å². The van der Waals surface area contributed by atoms with Gasteiger partial charge in [-0.25, -0.2) is 0 Å². The van der Waals surface area contributed by atoms with Crippen molar-refractivity contribution in [1.29, 1.82) is 0 Å². The van der Waals surface area contributed by atoms with Gasteiger partial charge in [-0.1, -0.05) is 0 Å². The fourth-order valence-electron chi connectivity index (χ4n) is 2.05. The quantitative estimate of drug-likeness (QED) is 0.454. The summed E-state index contributed by atoms with van der Waals surface area (Å²) in [5.41, 5.74) is 0. The van der Waals surface area contributed by atoms with Crippen LogP contribution >= 0.6 is 0 Å². The van der Waals surface area contributed by atoms with Gasteiger partial charge in [-0.15, -0.1) is 0 Å². The molecule has 1 N–H and O–H groups in total. The molecule has 2 nitrogen and oxygen atoms in total. The van der Waals surface area contributed by atoms with Crippen LogP contribution in [0.1, 0.15) is 13.8 Å². The van der Waals surface area contributed by atoms with Gasteiger partial charge in [0.2, 0.25) is 5.91 Å². The van der Waals surface area contributed by atoms with Crippen LogP contribution in [-0.2, 0) is 4.79 Å². The van der Waals surface area contributed by atoms with Crippen molar-refractivity contribution < 1.29 is 4.79 Å². The molecule has 0 aliphatic heterocycles. The van der Waals surface area contributed by atoms with Gasteiger partial charge in [0.15, 0.2) is 0 Å². The molecule has 84 valence electrons. The predicted molar refractivity (Wildman–Crippen MR) is 116 cm³/mol. The topological polar surface area (TPSA) is 29.1 Å². The predicted octanol–water partition coefficient (Wildman–Crippen LogP) is -5.95. The summed E-state index contributed by atoms with van der Waals surface area (Å²) in [7, 11) is 50.4. The van der Waals surface area contributed by atoms with Gasteiger partial charge in [-0.2, -0.15) is 0 Å². The van der Waals surface area contributed by atoms with Gasteiger partial charge >= 0.3 is 0 Å². The molecule has 22 heavy (non-hydrogen) atoms. The first-order chi connectivity index (χ1) is 9.97. The number of carbonyl (C=O) groups is 1. The molecule has 0 heterocycles. The van der Waals surface area contributed by atoms with Crippen molar-refractivity contribution >= 4 is 120 Å². The summed E-state index contributed by atoms with van der Waals surface area (Å²) in [5.74, 6) is 0.0394. The van der Waals surface area contributed by atoms with Gasteiger partial charge < -0.3 is 5.32 Å². The Bertz CT molecular complexity index is 288. The van der Waals surface area contributed by atoms with Crippen LogP contribution < -0.4 is 5.32 Å². The van der Waals surface area contributed by atoms with E-state index in [1.54, 1.807) is 0 Å². The van der Waals surface area contributed by atoms with Crippen LogP contribution in [0.2, 0.25) is 0 Å². The molecule has 0 aliphatic carbocycles. The highest BCUT2D eigenvalue weighted by molar-refractivity contribution is 8.13. The van der Waals surface area contributed by atoms with Gasteiger partial charge in [0.1, 0.15) is 0 Å². The highest BCUT2D eigenvalue weighted by Crippen LogP contribution is 2.00. The summed E-state index contributed by atoms with van der Waals surface area (Å²) in [5, 5.41) is 2.57. The van der Waals surface area contributed by atoms with E-state index in [-0.39, 0.29) is 5.91 Å². The maximum absolute atomic E-state index is 9.93. The summed E-state index contributed by atoms with van der Waals surface area (Å²) in [6.07, 6.45) is -5.02. The zero-order chi connectivity index (χ0) is 18.0. The minimum absolute atomic E-state index is 0.0394. The maximum atomic E-state index is 9.93. The lowest BCUT2D eigenvalue weighted by molar-refractivity contribution is -0.118. The third-order valence-corrected chi connectivity index (χ3v) is 3.09. The van der Waals surface area contributed by atoms with E-state index in [1.165, 1.54) is 6.92 Å². The first-order valence-corrected chi connectivity index (χ1v) is 7.01. The van der Waals surface area contributed by atoms with Crippen molar-refractivity contribution in [2.45, 2.75) is 13.8 Å². The Kier molecular flexibility index (Phi) is 14.5. The van der Waals surface area contributed by atoms with E-state index < -0.39 is 44.7 Å². The van der Waals surface area contributed by atoms with Crippen LogP contribution in [0.15, 0.2) is 0 Å². The molecule has 18 radical (unpaired) electrons. The van der Waals surface area contributed by atoms with E-state index in [2.05, 4.69) is 5.32 Å². The highest BCUT2D eigenvalue weighted by atomic mass is 16.1. The second-order valence-corrected chi connectivity index (χ2v) is 5.13. The van der Waals surface area contributed by atoms with Crippen LogP contribution in [0.5, 0.6) is 0 Å². The molecule has 0 saturated heterocycles. The third-order valence-electron chi connectivity index (χ3n) is 3.09. The van der Waals surface area contributed by atoms with Crippen LogP contribution in [0.4, 0.5) is 0 Å². The van der Waals surface area contributed by atoms with Crippen molar-refractivity contribution in [2.75, 3.05) is 6.54 Å². The minimum Gasteiger partial charge on any atom is -0.357 e. The van der Waals surface area contributed by atoms with Crippen LogP contribution in [0, 0.1) is 0 Å². The normalized spacial score (nSPS) is 8.64. The monoisotopic (exact) mass is 263 g/mol. The van der Waals surface area contributed by atoms with Gasteiger partial charge in [-0.05, 0) is 6.92 Å². The van der Waals surface area contributed by atoms with Crippen molar-refractivity contribution in [3.8, 4) is 0 Å². The summed E-state index contributed by atoms with van der Waals surface area (Å²) in [4.78, 5) is 9.93. The van der Waals surface area contributed by atoms with Crippen molar-refractivity contribution in [1.82, 2.24) is 5.32 Å².